The number of carboxylic acids is 1. The molecule has 0 aromatic rings. The van der Waals surface area contributed by atoms with Gasteiger partial charge in [-0.1, -0.05) is 0 Å². The summed E-state index contributed by atoms with van der Waals surface area (Å²) in [6.07, 6.45) is -1.19. The molecule has 0 bridgehead atoms. The fourth-order valence-corrected chi connectivity index (χ4v) is 1.27. The number of nitrogens with one attached hydrogen (secondary N) is 3. The van der Waals surface area contributed by atoms with Crippen molar-refractivity contribution in [3.05, 3.63) is 0 Å². The minimum Gasteiger partial charge on any atom is -0.480 e. The van der Waals surface area contributed by atoms with Crippen LogP contribution in [0.3, 0.4) is 0 Å². The molecule has 0 spiro atoms. The van der Waals surface area contributed by atoms with Crippen LogP contribution in [0.2, 0.25) is 0 Å². The molecule has 3 unspecified atom stereocenters. The third-order valence-electron chi connectivity index (χ3n) is 2.44. The van der Waals surface area contributed by atoms with Crippen LogP contribution >= 0.6 is 0 Å². The van der Waals surface area contributed by atoms with Crippen molar-refractivity contribution in [3.63, 3.8) is 0 Å². The number of hydrogen-bond donors (Lipinski definition) is 6. The zero-order valence-corrected chi connectivity index (χ0v) is 11.8. The van der Waals surface area contributed by atoms with E-state index in [0.29, 0.717) is 0 Å². The summed E-state index contributed by atoms with van der Waals surface area (Å²) in [5.41, 5.74) is 5.08. The molecular weight excluding hydrogens is 284 g/mol. The number of carbonyl (C=O) groups excluding carboxylic acids is 3. The maximum atomic E-state index is 11.7. The number of carbonyl (C=O) groups is 4. The first-order valence-electron chi connectivity index (χ1n) is 6.16. The zero-order chi connectivity index (χ0) is 16.6. The van der Waals surface area contributed by atoms with E-state index in [4.69, 9.17) is 10.8 Å². The number of aliphatic carboxylic acids is 1. The largest absolute Gasteiger partial charge is 0.480 e. The number of aliphatic hydroxyl groups is 1. The van der Waals surface area contributed by atoms with Gasteiger partial charge in [-0.05, 0) is 13.8 Å². The van der Waals surface area contributed by atoms with Gasteiger partial charge in [0.25, 0.3) is 0 Å². The molecule has 10 nitrogen and oxygen atoms in total. The molecule has 7 N–H and O–H groups in total. The first kappa shape index (κ1) is 18.8. The Morgan fingerprint density at radius 3 is 2.10 bits per heavy atom. The Balaban J connectivity index is 4.40. The minimum atomic E-state index is -1.26. The molecule has 0 radical (unpaired) electrons. The minimum absolute atomic E-state index is 0.354. The van der Waals surface area contributed by atoms with Gasteiger partial charge >= 0.3 is 5.97 Å². The molecule has 120 valence electrons. The molecule has 0 heterocycles. The van der Waals surface area contributed by atoms with Gasteiger partial charge < -0.3 is 31.9 Å². The highest BCUT2D eigenvalue weighted by Gasteiger charge is 2.25. The smallest absolute Gasteiger partial charge is 0.325 e. The summed E-state index contributed by atoms with van der Waals surface area (Å²) in [6.45, 7) is 1.71. The summed E-state index contributed by atoms with van der Waals surface area (Å²) in [5, 5.41) is 24.5. The molecule has 3 atom stereocenters. The third kappa shape index (κ3) is 7.22. The van der Waals surface area contributed by atoms with Gasteiger partial charge in [0.1, 0.15) is 12.1 Å². The van der Waals surface area contributed by atoms with E-state index in [2.05, 4.69) is 16.0 Å². The highest BCUT2D eigenvalue weighted by molar-refractivity contribution is 5.92. The van der Waals surface area contributed by atoms with E-state index in [9.17, 15) is 24.3 Å². The van der Waals surface area contributed by atoms with Gasteiger partial charge in [0.2, 0.25) is 17.7 Å². The molecule has 0 aliphatic carbocycles. The molecule has 0 saturated heterocycles. The fourth-order valence-electron chi connectivity index (χ4n) is 1.27. The average molecular weight is 304 g/mol. The second-order valence-corrected chi connectivity index (χ2v) is 4.34. The molecule has 0 aromatic carbocycles. The van der Waals surface area contributed by atoms with Crippen LogP contribution in [0.1, 0.15) is 13.8 Å². The van der Waals surface area contributed by atoms with Crippen molar-refractivity contribution in [2.45, 2.75) is 32.0 Å². The van der Waals surface area contributed by atoms with E-state index in [1.165, 1.54) is 13.8 Å². The predicted molar refractivity (Wildman–Crippen MR) is 70.9 cm³/mol. The van der Waals surface area contributed by atoms with Crippen LogP contribution in [0, 0.1) is 0 Å². The number of carboxylic acid groups (broad SMARTS) is 1. The lowest BCUT2D eigenvalue weighted by molar-refractivity contribution is -0.141. The van der Waals surface area contributed by atoms with Crippen molar-refractivity contribution in [1.82, 2.24) is 16.0 Å². The summed E-state index contributed by atoms with van der Waals surface area (Å²) in [4.78, 5) is 44.8. The molecule has 0 aliphatic rings. The zero-order valence-electron chi connectivity index (χ0n) is 11.8. The average Bonchev–Trinajstić information content (AvgIpc) is 2.41. The van der Waals surface area contributed by atoms with Crippen molar-refractivity contribution >= 4 is 23.7 Å². The summed E-state index contributed by atoms with van der Waals surface area (Å²) < 4.78 is 0. The van der Waals surface area contributed by atoms with E-state index in [1.54, 1.807) is 0 Å². The van der Waals surface area contributed by atoms with Crippen molar-refractivity contribution in [3.8, 4) is 0 Å². The molecule has 10 heteroatoms. The first-order valence-corrected chi connectivity index (χ1v) is 6.16. The number of rotatable bonds is 8. The molecule has 0 saturated carbocycles. The highest BCUT2D eigenvalue weighted by atomic mass is 16.4. The number of amides is 3. The van der Waals surface area contributed by atoms with Crippen LogP contribution in [-0.2, 0) is 19.2 Å². The van der Waals surface area contributed by atoms with E-state index in [1.807, 2.05) is 0 Å². The van der Waals surface area contributed by atoms with Crippen LogP contribution in [0.5, 0.6) is 0 Å². The van der Waals surface area contributed by atoms with Gasteiger partial charge in [-0.15, -0.1) is 0 Å². The van der Waals surface area contributed by atoms with Crippen LogP contribution in [-0.4, -0.2) is 65.2 Å². The normalized spacial score (nSPS) is 14.5. The molecule has 0 aliphatic heterocycles. The SMILES string of the molecule is CC(NC(=O)CNC(=O)C(NC(=O)CN)C(C)O)C(=O)O. The maximum absolute atomic E-state index is 11.7. The molecular formula is C11H20N4O6. The summed E-state index contributed by atoms with van der Waals surface area (Å²) >= 11 is 0. The lowest BCUT2D eigenvalue weighted by Gasteiger charge is -2.20. The summed E-state index contributed by atoms with van der Waals surface area (Å²) in [5.74, 6) is -3.36. The standard InChI is InChI=1S/C11H20N4O6/c1-5(11(20)21)14-8(18)4-13-10(19)9(6(2)16)15-7(17)3-12/h5-6,9,16H,3-4,12H2,1-2H3,(H,13,19)(H,14,18)(H,15,17)(H,20,21). The van der Waals surface area contributed by atoms with Gasteiger partial charge in [-0.3, -0.25) is 19.2 Å². The Hall–Kier alpha value is -2.20. The Kier molecular flexibility index (Phi) is 7.94. The van der Waals surface area contributed by atoms with Crippen molar-refractivity contribution in [1.29, 1.82) is 0 Å². The Labute approximate surface area is 121 Å². The van der Waals surface area contributed by atoms with Gasteiger partial charge in [-0.25, -0.2) is 0 Å². The Morgan fingerprint density at radius 2 is 1.67 bits per heavy atom. The monoisotopic (exact) mass is 304 g/mol. The van der Waals surface area contributed by atoms with Crippen molar-refractivity contribution in [2.75, 3.05) is 13.1 Å². The maximum Gasteiger partial charge on any atom is 0.325 e. The van der Waals surface area contributed by atoms with E-state index < -0.39 is 48.4 Å². The van der Waals surface area contributed by atoms with Crippen LogP contribution in [0.15, 0.2) is 0 Å². The van der Waals surface area contributed by atoms with Crippen molar-refractivity contribution in [2.24, 2.45) is 5.73 Å². The second kappa shape index (κ2) is 8.87. The second-order valence-electron chi connectivity index (χ2n) is 4.34. The van der Waals surface area contributed by atoms with Crippen LogP contribution in [0.25, 0.3) is 0 Å². The van der Waals surface area contributed by atoms with Crippen molar-refractivity contribution < 1.29 is 29.4 Å². The molecule has 0 fully saturated rings. The van der Waals surface area contributed by atoms with Crippen LogP contribution < -0.4 is 21.7 Å². The fraction of sp³-hybridized carbons (Fsp3) is 0.636. The lowest BCUT2D eigenvalue weighted by Crippen LogP contribution is -2.55. The summed E-state index contributed by atoms with van der Waals surface area (Å²) in [7, 11) is 0. The van der Waals surface area contributed by atoms with Gasteiger partial charge in [0, 0.05) is 0 Å². The third-order valence-corrected chi connectivity index (χ3v) is 2.44. The molecule has 21 heavy (non-hydrogen) atoms. The molecule has 3 amide bonds. The van der Waals surface area contributed by atoms with E-state index in [-0.39, 0.29) is 6.54 Å². The molecule has 0 rings (SSSR count). The van der Waals surface area contributed by atoms with Gasteiger partial charge in [-0.2, -0.15) is 0 Å². The Bertz CT molecular complexity index is 412. The number of nitrogens with two attached hydrogens (primary N) is 1. The topological polar surface area (TPSA) is 171 Å². The summed E-state index contributed by atoms with van der Waals surface area (Å²) in [6, 6.07) is -2.36. The van der Waals surface area contributed by atoms with Gasteiger partial charge in [0.05, 0.1) is 19.2 Å². The number of aliphatic hydroxyl groups excluding tert-OH is 1. The van der Waals surface area contributed by atoms with E-state index in [0.717, 1.165) is 0 Å². The Morgan fingerprint density at radius 1 is 1.10 bits per heavy atom. The van der Waals surface area contributed by atoms with Gasteiger partial charge in [0.15, 0.2) is 0 Å². The lowest BCUT2D eigenvalue weighted by atomic mass is 10.1. The highest BCUT2D eigenvalue weighted by Crippen LogP contribution is 1.93. The van der Waals surface area contributed by atoms with Crippen LogP contribution in [0.4, 0.5) is 0 Å². The quantitative estimate of drug-likeness (QED) is 0.270. The number of hydrogen-bond acceptors (Lipinski definition) is 6. The van der Waals surface area contributed by atoms with E-state index >= 15 is 0 Å². The molecule has 0 aromatic heterocycles. The predicted octanol–water partition coefficient (Wildman–Crippen LogP) is -3.48. The first-order chi connectivity index (χ1) is 9.68.